The minimum absolute atomic E-state index is 0.110. The first-order valence-corrected chi connectivity index (χ1v) is 6.40. The van der Waals surface area contributed by atoms with Crippen molar-refractivity contribution in [2.24, 2.45) is 5.41 Å². The summed E-state index contributed by atoms with van der Waals surface area (Å²) >= 11 is 0. The van der Waals surface area contributed by atoms with Gasteiger partial charge in [-0.15, -0.1) is 0 Å². The average molecular weight is 263 g/mol. The Balaban J connectivity index is 2.10. The van der Waals surface area contributed by atoms with Gasteiger partial charge in [-0.1, -0.05) is 19.9 Å². The molecule has 0 bridgehead atoms. The van der Waals surface area contributed by atoms with Gasteiger partial charge in [0.2, 0.25) is 0 Å². The van der Waals surface area contributed by atoms with E-state index >= 15 is 0 Å². The fourth-order valence-corrected chi connectivity index (χ4v) is 2.33. The molecule has 2 aromatic rings. The van der Waals surface area contributed by atoms with Crippen molar-refractivity contribution in [3.8, 4) is 0 Å². The van der Waals surface area contributed by atoms with Crippen molar-refractivity contribution in [1.82, 2.24) is 14.9 Å². The Kier molecular flexibility index (Phi) is 3.78. The van der Waals surface area contributed by atoms with Crippen LogP contribution in [0.25, 0.3) is 11.0 Å². The van der Waals surface area contributed by atoms with Gasteiger partial charge < -0.3 is 20.0 Å². The number of fused-ring (bicyclic) bond motifs is 1. The standard InChI is InChI=1S/C14H21N3O2/c1-14(2,9-18)8-17(3)7-10-4-5-11-12(6-10)16-13(19)15-11/h4-6,18H,7-9H2,1-3H3,(H2,15,16,19). The maximum Gasteiger partial charge on any atom is 0.323 e. The summed E-state index contributed by atoms with van der Waals surface area (Å²) in [5.74, 6) is 0. The minimum Gasteiger partial charge on any atom is -0.396 e. The van der Waals surface area contributed by atoms with Crippen molar-refractivity contribution in [3.63, 3.8) is 0 Å². The van der Waals surface area contributed by atoms with Crippen LogP contribution in [0.5, 0.6) is 0 Å². The number of H-pyrrole nitrogens is 2. The van der Waals surface area contributed by atoms with Gasteiger partial charge in [0, 0.05) is 25.1 Å². The fraction of sp³-hybridized carbons (Fsp3) is 0.500. The van der Waals surface area contributed by atoms with E-state index < -0.39 is 0 Å². The largest absolute Gasteiger partial charge is 0.396 e. The second-order valence-corrected chi connectivity index (χ2v) is 5.95. The number of nitrogens with one attached hydrogen (secondary N) is 2. The van der Waals surface area contributed by atoms with E-state index in [0.717, 1.165) is 29.7 Å². The van der Waals surface area contributed by atoms with Crippen molar-refractivity contribution in [1.29, 1.82) is 0 Å². The molecule has 104 valence electrons. The molecule has 0 saturated heterocycles. The number of aliphatic hydroxyl groups is 1. The second-order valence-electron chi connectivity index (χ2n) is 5.95. The smallest absolute Gasteiger partial charge is 0.323 e. The molecule has 0 saturated carbocycles. The van der Waals surface area contributed by atoms with Crippen molar-refractivity contribution >= 4 is 11.0 Å². The van der Waals surface area contributed by atoms with E-state index in [-0.39, 0.29) is 17.7 Å². The zero-order valence-electron chi connectivity index (χ0n) is 11.7. The van der Waals surface area contributed by atoms with Crippen molar-refractivity contribution in [3.05, 3.63) is 34.2 Å². The second kappa shape index (κ2) is 5.19. The first-order valence-electron chi connectivity index (χ1n) is 6.40. The van der Waals surface area contributed by atoms with Gasteiger partial charge in [0.05, 0.1) is 11.0 Å². The summed E-state index contributed by atoms with van der Waals surface area (Å²) in [7, 11) is 2.03. The summed E-state index contributed by atoms with van der Waals surface area (Å²) in [6.45, 7) is 5.84. The highest BCUT2D eigenvalue weighted by molar-refractivity contribution is 5.74. The number of benzene rings is 1. The number of imidazole rings is 1. The lowest BCUT2D eigenvalue weighted by atomic mass is 9.94. The molecule has 0 unspecified atom stereocenters. The molecule has 0 spiro atoms. The fourth-order valence-electron chi connectivity index (χ4n) is 2.33. The molecule has 19 heavy (non-hydrogen) atoms. The van der Waals surface area contributed by atoms with Gasteiger partial charge >= 0.3 is 5.69 Å². The number of hydrogen-bond donors (Lipinski definition) is 3. The SMILES string of the molecule is CN(Cc1ccc2[nH]c(=O)[nH]c2c1)CC(C)(C)CO. The predicted molar refractivity (Wildman–Crippen MR) is 76.1 cm³/mol. The Hall–Kier alpha value is -1.59. The Morgan fingerprint density at radius 1 is 1.26 bits per heavy atom. The summed E-state index contributed by atoms with van der Waals surface area (Å²) in [6, 6.07) is 5.90. The highest BCUT2D eigenvalue weighted by Gasteiger charge is 2.18. The normalized spacial score (nSPS) is 12.5. The van der Waals surface area contributed by atoms with E-state index in [4.69, 9.17) is 0 Å². The summed E-state index contributed by atoms with van der Waals surface area (Å²) < 4.78 is 0. The topological polar surface area (TPSA) is 72.1 Å². The molecule has 1 aromatic heterocycles. The van der Waals surface area contributed by atoms with Gasteiger partial charge in [-0.2, -0.15) is 0 Å². The third kappa shape index (κ3) is 3.45. The molecule has 0 amide bonds. The van der Waals surface area contributed by atoms with Crippen LogP contribution in [-0.2, 0) is 6.54 Å². The van der Waals surface area contributed by atoms with Crippen LogP contribution in [0.2, 0.25) is 0 Å². The quantitative estimate of drug-likeness (QED) is 0.761. The first-order chi connectivity index (χ1) is 8.89. The van der Waals surface area contributed by atoms with E-state index in [9.17, 15) is 9.90 Å². The van der Waals surface area contributed by atoms with Crippen LogP contribution in [-0.4, -0.2) is 40.2 Å². The van der Waals surface area contributed by atoms with Gasteiger partial charge in [-0.05, 0) is 24.7 Å². The van der Waals surface area contributed by atoms with Crippen LogP contribution >= 0.6 is 0 Å². The van der Waals surface area contributed by atoms with E-state index in [1.54, 1.807) is 0 Å². The van der Waals surface area contributed by atoms with Gasteiger partial charge in [0.1, 0.15) is 0 Å². The van der Waals surface area contributed by atoms with Crippen molar-refractivity contribution < 1.29 is 5.11 Å². The van der Waals surface area contributed by atoms with Crippen molar-refractivity contribution in [2.75, 3.05) is 20.2 Å². The van der Waals surface area contributed by atoms with E-state index in [2.05, 4.69) is 14.9 Å². The van der Waals surface area contributed by atoms with Gasteiger partial charge in [-0.3, -0.25) is 0 Å². The molecule has 5 nitrogen and oxygen atoms in total. The Bertz CT molecular complexity index is 612. The van der Waals surface area contributed by atoms with Gasteiger partial charge in [-0.25, -0.2) is 4.79 Å². The van der Waals surface area contributed by atoms with Crippen LogP contribution < -0.4 is 5.69 Å². The molecule has 0 atom stereocenters. The molecule has 1 aromatic carbocycles. The Morgan fingerprint density at radius 3 is 2.63 bits per heavy atom. The average Bonchev–Trinajstić information content (AvgIpc) is 2.67. The maximum absolute atomic E-state index is 11.2. The third-order valence-corrected chi connectivity index (χ3v) is 3.16. The molecule has 0 radical (unpaired) electrons. The van der Waals surface area contributed by atoms with Crippen LogP contribution in [0.4, 0.5) is 0 Å². The lowest BCUT2D eigenvalue weighted by molar-refractivity contribution is 0.112. The molecule has 2 rings (SSSR count). The third-order valence-electron chi connectivity index (χ3n) is 3.16. The van der Waals surface area contributed by atoms with E-state index in [1.807, 2.05) is 39.1 Å². The lowest BCUT2D eigenvalue weighted by Crippen LogP contribution is -2.33. The van der Waals surface area contributed by atoms with Gasteiger partial charge in [0.15, 0.2) is 0 Å². The number of aliphatic hydroxyl groups excluding tert-OH is 1. The van der Waals surface area contributed by atoms with Crippen LogP contribution in [0.15, 0.2) is 23.0 Å². The maximum atomic E-state index is 11.2. The van der Waals surface area contributed by atoms with Crippen LogP contribution in [0.1, 0.15) is 19.4 Å². The molecule has 3 N–H and O–H groups in total. The Morgan fingerprint density at radius 2 is 1.95 bits per heavy atom. The monoisotopic (exact) mass is 263 g/mol. The van der Waals surface area contributed by atoms with E-state index in [1.165, 1.54) is 0 Å². The number of rotatable bonds is 5. The minimum atomic E-state index is -0.179. The Labute approximate surface area is 112 Å². The summed E-state index contributed by atoms with van der Waals surface area (Å²) in [5, 5.41) is 9.28. The number of aromatic nitrogens is 2. The lowest BCUT2D eigenvalue weighted by Gasteiger charge is -2.28. The zero-order valence-corrected chi connectivity index (χ0v) is 11.7. The molecular formula is C14H21N3O2. The summed E-state index contributed by atoms with van der Waals surface area (Å²) in [5.41, 5.74) is 2.51. The van der Waals surface area contributed by atoms with Crippen LogP contribution in [0.3, 0.4) is 0 Å². The molecule has 0 aliphatic rings. The zero-order chi connectivity index (χ0) is 14.0. The molecule has 0 aliphatic heterocycles. The first kappa shape index (κ1) is 13.8. The van der Waals surface area contributed by atoms with Gasteiger partial charge in [0.25, 0.3) is 0 Å². The van der Waals surface area contributed by atoms with E-state index in [0.29, 0.717) is 0 Å². The highest BCUT2D eigenvalue weighted by Crippen LogP contribution is 2.17. The molecule has 0 aliphatic carbocycles. The molecule has 1 heterocycles. The number of hydrogen-bond acceptors (Lipinski definition) is 3. The molecule has 5 heteroatoms. The van der Waals surface area contributed by atoms with Crippen molar-refractivity contribution in [2.45, 2.75) is 20.4 Å². The summed E-state index contributed by atoms with van der Waals surface area (Å²) in [6.07, 6.45) is 0. The van der Waals surface area contributed by atoms with Crippen LogP contribution in [0, 0.1) is 5.41 Å². The highest BCUT2D eigenvalue weighted by atomic mass is 16.3. The molecule has 0 fully saturated rings. The number of nitrogens with zero attached hydrogens (tertiary/aromatic N) is 1. The number of aromatic amines is 2. The summed E-state index contributed by atoms with van der Waals surface area (Å²) in [4.78, 5) is 18.9. The molecular weight excluding hydrogens is 242 g/mol. The predicted octanol–water partition coefficient (Wildman–Crippen LogP) is 1.31.